The van der Waals surface area contributed by atoms with Gasteiger partial charge in [0.05, 0.1) is 10.4 Å². The molecule has 1 saturated carbocycles. The number of anilines is 1. The van der Waals surface area contributed by atoms with Gasteiger partial charge in [0.15, 0.2) is 6.04 Å². The lowest BCUT2D eigenvalue weighted by Crippen LogP contribution is -2.48. The zero-order valence-electron chi connectivity index (χ0n) is 25.4. The molecule has 1 fully saturated rings. The summed E-state index contributed by atoms with van der Waals surface area (Å²) >= 11 is 0. The fourth-order valence-corrected chi connectivity index (χ4v) is 6.74. The number of rotatable bonds is 11. The molecule has 238 valence electrons. The summed E-state index contributed by atoms with van der Waals surface area (Å²) in [5, 5.41) is 11.5. The van der Waals surface area contributed by atoms with E-state index in [1.165, 1.54) is 33.8 Å². The first-order chi connectivity index (χ1) is 22.3. The van der Waals surface area contributed by atoms with Gasteiger partial charge in [-0.05, 0) is 79.9 Å². The van der Waals surface area contributed by atoms with Crippen molar-refractivity contribution in [3.8, 4) is 0 Å². The normalized spacial score (nSPS) is 14.6. The standard InChI is InChI=1S/C33H35N7O5S/c1-23-13-18-30(45-23)32(33(42)36-25-9-3-2-4-10-25)40(31(41)22-39-29-12-6-5-11-28(29)37-38-39)26-14-16-27(17-15-26)46(43,44)35-21-24-8-7-19-34-20-24/h5-8,11-20,25,32,35H,2-4,9-10,21-22H2,1H3,(H,36,42)/t32-/m0/s1. The molecule has 2 amide bonds. The Kier molecular flexibility index (Phi) is 9.22. The minimum absolute atomic E-state index is 0.00635. The Morgan fingerprint density at radius 1 is 1.00 bits per heavy atom. The number of hydrogen-bond acceptors (Lipinski definition) is 8. The monoisotopic (exact) mass is 641 g/mol. The zero-order valence-corrected chi connectivity index (χ0v) is 26.2. The third-order valence-corrected chi connectivity index (χ3v) is 9.49. The molecule has 13 heteroatoms. The van der Waals surface area contributed by atoms with Crippen molar-refractivity contribution in [2.24, 2.45) is 0 Å². The van der Waals surface area contributed by atoms with Crippen LogP contribution in [0.15, 0.2) is 94.5 Å². The molecule has 1 aliphatic carbocycles. The number of aromatic nitrogens is 4. The smallest absolute Gasteiger partial charge is 0.251 e. The van der Waals surface area contributed by atoms with Crippen LogP contribution in [-0.4, -0.2) is 46.3 Å². The molecule has 5 aromatic rings. The van der Waals surface area contributed by atoms with Crippen LogP contribution in [-0.2, 0) is 32.7 Å². The van der Waals surface area contributed by atoms with Gasteiger partial charge in [-0.1, -0.05) is 42.7 Å². The molecule has 0 spiro atoms. The summed E-state index contributed by atoms with van der Waals surface area (Å²) < 4.78 is 36.3. The molecule has 6 rings (SSSR count). The summed E-state index contributed by atoms with van der Waals surface area (Å²) in [6.45, 7) is 1.61. The van der Waals surface area contributed by atoms with Crippen LogP contribution in [0, 0.1) is 6.92 Å². The zero-order chi connectivity index (χ0) is 32.1. The van der Waals surface area contributed by atoms with E-state index in [-0.39, 0.29) is 35.7 Å². The van der Waals surface area contributed by atoms with Crippen LogP contribution in [0.2, 0.25) is 0 Å². The number of para-hydroxylation sites is 1. The molecule has 3 aromatic heterocycles. The van der Waals surface area contributed by atoms with Crippen LogP contribution < -0.4 is 14.9 Å². The number of pyridine rings is 1. The largest absolute Gasteiger partial charge is 0.464 e. The molecule has 0 unspecified atom stereocenters. The Labute approximate surface area is 266 Å². The van der Waals surface area contributed by atoms with Gasteiger partial charge in [0.1, 0.15) is 23.6 Å². The molecule has 46 heavy (non-hydrogen) atoms. The lowest BCUT2D eigenvalue weighted by atomic mass is 9.95. The highest BCUT2D eigenvalue weighted by molar-refractivity contribution is 7.89. The van der Waals surface area contributed by atoms with Crippen LogP contribution >= 0.6 is 0 Å². The predicted molar refractivity (Wildman–Crippen MR) is 171 cm³/mol. The Morgan fingerprint density at radius 2 is 1.78 bits per heavy atom. The van der Waals surface area contributed by atoms with Crippen molar-refractivity contribution in [2.45, 2.75) is 69.1 Å². The summed E-state index contributed by atoms with van der Waals surface area (Å²) in [5.41, 5.74) is 2.32. The first-order valence-corrected chi connectivity index (χ1v) is 16.7. The summed E-state index contributed by atoms with van der Waals surface area (Å²) in [5.74, 6) is 0.0328. The first kappa shape index (κ1) is 31.1. The van der Waals surface area contributed by atoms with E-state index >= 15 is 0 Å². The third kappa shape index (κ3) is 7.00. The number of aryl methyl sites for hydroxylation is 1. The van der Waals surface area contributed by atoms with E-state index < -0.39 is 22.0 Å². The maximum absolute atomic E-state index is 14.3. The van der Waals surface area contributed by atoms with Crippen molar-refractivity contribution in [1.29, 1.82) is 0 Å². The molecule has 2 aromatic carbocycles. The van der Waals surface area contributed by atoms with E-state index in [0.29, 0.717) is 28.0 Å². The average molecular weight is 642 g/mol. The van der Waals surface area contributed by atoms with Gasteiger partial charge in [0.25, 0.3) is 5.91 Å². The van der Waals surface area contributed by atoms with Crippen LogP contribution in [0.5, 0.6) is 0 Å². The molecule has 0 saturated heterocycles. The molecule has 1 aliphatic rings. The Balaban J connectivity index is 1.35. The molecule has 3 heterocycles. The summed E-state index contributed by atoms with van der Waals surface area (Å²) in [6, 6.07) is 18.9. The summed E-state index contributed by atoms with van der Waals surface area (Å²) in [6.07, 6.45) is 8.06. The number of carbonyl (C=O) groups excluding carboxylic acids is 2. The number of fused-ring (bicyclic) bond motifs is 1. The maximum Gasteiger partial charge on any atom is 0.251 e. The summed E-state index contributed by atoms with van der Waals surface area (Å²) in [4.78, 5) is 33.8. The molecule has 1 atom stereocenters. The molecule has 0 radical (unpaired) electrons. The van der Waals surface area contributed by atoms with Gasteiger partial charge < -0.3 is 9.73 Å². The second-order valence-corrected chi connectivity index (χ2v) is 13.1. The molecular formula is C33H35N7O5S. The maximum atomic E-state index is 14.3. The second-order valence-electron chi connectivity index (χ2n) is 11.4. The lowest BCUT2D eigenvalue weighted by molar-refractivity contribution is -0.128. The van der Waals surface area contributed by atoms with Gasteiger partial charge in [-0.15, -0.1) is 5.10 Å². The van der Waals surface area contributed by atoms with Gasteiger partial charge in [-0.25, -0.2) is 17.8 Å². The Hall–Kier alpha value is -4.88. The number of carbonyl (C=O) groups is 2. The topological polar surface area (TPSA) is 152 Å². The quantitative estimate of drug-likeness (QED) is 0.215. The highest BCUT2D eigenvalue weighted by Gasteiger charge is 2.37. The van der Waals surface area contributed by atoms with Crippen molar-refractivity contribution < 1.29 is 22.4 Å². The highest BCUT2D eigenvalue weighted by Crippen LogP contribution is 2.31. The SMILES string of the molecule is Cc1ccc([C@@H](C(=O)NC2CCCCC2)N(C(=O)Cn2nnc3ccccc32)c2ccc(S(=O)(=O)NCc3cccnc3)cc2)o1. The van der Waals surface area contributed by atoms with Crippen molar-refractivity contribution in [1.82, 2.24) is 30.0 Å². The van der Waals surface area contributed by atoms with Crippen LogP contribution in [0.25, 0.3) is 11.0 Å². The van der Waals surface area contributed by atoms with Gasteiger partial charge in [0, 0.05) is 30.7 Å². The molecule has 12 nitrogen and oxygen atoms in total. The number of nitrogens with one attached hydrogen (secondary N) is 2. The fourth-order valence-electron chi connectivity index (χ4n) is 5.73. The number of furan rings is 1. The van der Waals surface area contributed by atoms with E-state index in [1.54, 1.807) is 49.6 Å². The number of amides is 2. The number of sulfonamides is 1. The van der Waals surface area contributed by atoms with Gasteiger partial charge >= 0.3 is 0 Å². The minimum Gasteiger partial charge on any atom is -0.464 e. The highest BCUT2D eigenvalue weighted by atomic mass is 32.2. The second kappa shape index (κ2) is 13.6. The number of hydrogen-bond donors (Lipinski definition) is 2. The minimum atomic E-state index is -3.89. The molecule has 0 aliphatic heterocycles. The van der Waals surface area contributed by atoms with Gasteiger partial charge in [-0.2, -0.15) is 0 Å². The summed E-state index contributed by atoms with van der Waals surface area (Å²) in [7, 11) is -3.89. The Morgan fingerprint density at radius 3 is 2.50 bits per heavy atom. The molecule has 0 bridgehead atoms. The first-order valence-electron chi connectivity index (χ1n) is 15.2. The van der Waals surface area contributed by atoms with Crippen molar-refractivity contribution >= 4 is 38.6 Å². The van der Waals surface area contributed by atoms with Crippen molar-refractivity contribution in [2.75, 3.05) is 4.90 Å². The third-order valence-electron chi connectivity index (χ3n) is 8.08. The lowest BCUT2D eigenvalue weighted by Gasteiger charge is -2.32. The number of nitrogens with zero attached hydrogens (tertiary/aromatic N) is 5. The molecule has 2 N–H and O–H groups in total. The van der Waals surface area contributed by atoms with Crippen LogP contribution in [0.4, 0.5) is 5.69 Å². The average Bonchev–Trinajstić information content (AvgIpc) is 3.69. The van der Waals surface area contributed by atoms with Crippen molar-refractivity contribution in [3.63, 3.8) is 0 Å². The number of benzene rings is 2. The predicted octanol–water partition coefficient (Wildman–Crippen LogP) is 4.43. The van der Waals surface area contributed by atoms with Crippen LogP contribution in [0.3, 0.4) is 0 Å². The fraction of sp³-hybridized carbons (Fsp3) is 0.303. The van der Waals surface area contributed by atoms with E-state index in [9.17, 15) is 18.0 Å². The van der Waals surface area contributed by atoms with Gasteiger partial charge in [-0.3, -0.25) is 19.5 Å². The van der Waals surface area contributed by atoms with Crippen molar-refractivity contribution in [3.05, 3.63) is 102 Å². The van der Waals surface area contributed by atoms with E-state index in [0.717, 1.165) is 32.1 Å². The van der Waals surface area contributed by atoms with E-state index in [2.05, 4.69) is 25.3 Å². The van der Waals surface area contributed by atoms with E-state index in [1.807, 2.05) is 18.2 Å². The molecular weight excluding hydrogens is 606 g/mol. The van der Waals surface area contributed by atoms with Crippen LogP contribution in [0.1, 0.15) is 55.2 Å². The Bertz CT molecular complexity index is 1920. The van der Waals surface area contributed by atoms with Gasteiger partial charge in [0.2, 0.25) is 15.9 Å². The van der Waals surface area contributed by atoms with E-state index in [4.69, 9.17) is 4.42 Å².